The summed E-state index contributed by atoms with van der Waals surface area (Å²) in [6.07, 6.45) is 0. The number of anilines is 1. The van der Waals surface area contributed by atoms with Gasteiger partial charge in [-0.15, -0.1) is 11.3 Å². The molecule has 0 spiro atoms. The van der Waals surface area contributed by atoms with E-state index in [-0.39, 0.29) is 11.7 Å². The molecule has 1 atom stereocenters. The molecule has 2 aromatic rings. The molecule has 1 aromatic heterocycles. The van der Waals surface area contributed by atoms with Crippen molar-refractivity contribution in [3.05, 3.63) is 50.2 Å². The third-order valence-corrected chi connectivity index (χ3v) is 4.22. The van der Waals surface area contributed by atoms with Gasteiger partial charge in [-0.3, -0.25) is 10.1 Å². The van der Waals surface area contributed by atoms with E-state index >= 15 is 0 Å². The predicted octanol–water partition coefficient (Wildman–Crippen LogP) is 4.54. The number of hydrogen-bond acceptors (Lipinski definition) is 5. The van der Waals surface area contributed by atoms with Crippen LogP contribution in [-0.4, -0.2) is 11.5 Å². The van der Waals surface area contributed by atoms with Gasteiger partial charge in [0.2, 0.25) is 0 Å². The van der Waals surface area contributed by atoms with Gasteiger partial charge in [0.05, 0.1) is 23.6 Å². The highest BCUT2D eigenvalue weighted by molar-refractivity contribution is 7.12. The molecule has 0 fully saturated rings. The molecule has 1 aromatic carbocycles. The molecule has 21 heavy (non-hydrogen) atoms. The first-order chi connectivity index (χ1) is 10.0. The molecular weight excluding hydrogens is 288 g/mol. The topological polar surface area (TPSA) is 64.4 Å². The maximum atomic E-state index is 11.2. The Kier molecular flexibility index (Phi) is 4.80. The monoisotopic (exact) mass is 306 g/mol. The van der Waals surface area contributed by atoms with Crippen LogP contribution in [0.1, 0.15) is 29.6 Å². The summed E-state index contributed by atoms with van der Waals surface area (Å²) in [4.78, 5) is 13.2. The molecule has 5 nitrogen and oxygen atoms in total. The van der Waals surface area contributed by atoms with Gasteiger partial charge in [0.15, 0.2) is 0 Å². The fraction of sp³-hybridized carbons (Fsp3) is 0.333. The van der Waals surface area contributed by atoms with Crippen LogP contribution in [0.15, 0.2) is 30.3 Å². The highest BCUT2D eigenvalue weighted by atomic mass is 32.1. The largest absolute Gasteiger partial charge is 0.494 e. The van der Waals surface area contributed by atoms with Crippen molar-refractivity contribution in [1.29, 1.82) is 0 Å². The summed E-state index contributed by atoms with van der Waals surface area (Å²) in [6, 6.07) is 8.99. The maximum absolute atomic E-state index is 11.2. The molecule has 1 unspecified atom stereocenters. The van der Waals surface area contributed by atoms with Gasteiger partial charge in [-0.05, 0) is 45.0 Å². The quantitative estimate of drug-likeness (QED) is 0.628. The number of nitrogens with zero attached hydrogens (tertiary/aromatic N) is 1. The molecule has 1 N–H and O–H groups in total. The van der Waals surface area contributed by atoms with Crippen LogP contribution in [0, 0.1) is 17.0 Å². The van der Waals surface area contributed by atoms with Gasteiger partial charge in [0.25, 0.3) is 5.69 Å². The van der Waals surface area contributed by atoms with Crippen LogP contribution in [-0.2, 0) is 0 Å². The summed E-state index contributed by atoms with van der Waals surface area (Å²) in [7, 11) is 0. The van der Waals surface area contributed by atoms with Gasteiger partial charge in [-0.1, -0.05) is 0 Å². The zero-order chi connectivity index (χ0) is 15.4. The Morgan fingerprint density at radius 2 is 2.14 bits per heavy atom. The van der Waals surface area contributed by atoms with E-state index < -0.39 is 4.92 Å². The van der Waals surface area contributed by atoms with Gasteiger partial charge in [0.1, 0.15) is 11.4 Å². The minimum absolute atomic E-state index is 0.0142. The summed E-state index contributed by atoms with van der Waals surface area (Å²) in [5.74, 6) is 0.509. The lowest BCUT2D eigenvalue weighted by Crippen LogP contribution is -2.07. The van der Waals surface area contributed by atoms with Crippen molar-refractivity contribution >= 4 is 22.7 Å². The standard InChI is InChI=1S/C15H18N2O3S/c1-4-20-12-6-7-13(14(9-12)17(18)19)16-11(3)15-8-5-10(2)21-15/h5-9,11,16H,4H2,1-3H3. The number of nitrogens with one attached hydrogen (secondary N) is 1. The molecule has 112 valence electrons. The van der Waals surface area contributed by atoms with Crippen molar-refractivity contribution in [3.8, 4) is 5.75 Å². The van der Waals surface area contributed by atoms with Crippen molar-refractivity contribution < 1.29 is 9.66 Å². The second kappa shape index (κ2) is 6.58. The molecule has 2 rings (SSSR count). The van der Waals surface area contributed by atoms with Crippen LogP contribution in [0.3, 0.4) is 0 Å². The lowest BCUT2D eigenvalue weighted by molar-refractivity contribution is -0.384. The van der Waals surface area contributed by atoms with Gasteiger partial charge in [0, 0.05) is 9.75 Å². The highest BCUT2D eigenvalue weighted by Crippen LogP contribution is 2.33. The van der Waals surface area contributed by atoms with Gasteiger partial charge < -0.3 is 10.1 Å². The van der Waals surface area contributed by atoms with Crippen LogP contribution < -0.4 is 10.1 Å². The number of hydrogen-bond donors (Lipinski definition) is 1. The second-order valence-corrected chi connectivity index (χ2v) is 6.00. The van der Waals surface area contributed by atoms with Crippen LogP contribution in [0.4, 0.5) is 11.4 Å². The lowest BCUT2D eigenvalue weighted by Gasteiger charge is -2.14. The number of nitro benzene ring substituents is 1. The highest BCUT2D eigenvalue weighted by Gasteiger charge is 2.18. The summed E-state index contributed by atoms with van der Waals surface area (Å²) in [5, 5.41) is 14.4. The molecule has 0 aliphatic heterocycles. The van der Waals surface area contributed by atoms with Crippen LogP contribution in [0.25, 0.3) is 0 Å². The number of ether oxygens (including phenoxy) is 1. The van der Waals surface area contributed by atoms with Gasteiger partial charge in [-0.25, -0.2) is 0 Å². The SMILES string of the molecule is CCOc1ccc(NC(C)c2ccc(C)s2)c([N+](=O)[O-])c1. The van der Waals surface area contributed by atoms with Crippen molar-refractivity contribution in [2.75, 3.05) is 11.9 Å². The number of nitro groups is 1. The Morgan fingerprint density at radius 1 is 1.38 bits per heavy atom. The molecule has 0 aliphatic rings. The smallest absolute Gasteiger partial charge is 0.296 e. The third-order valence-electron chi connectivity index (χ3n) is 3.04. The first kappa shape index (κ1) is 15.3. The Bertz CT molecular complexity index is 640. The molecule has 0 saturated carbocycles. The average Bonchev–Trinajstić information content (AvgIpc) is 2.87. The molecular formula is C15H18N2O3S. The molecule has 0 aliphatic carbocycles. The Balaban J connectivity index is 2.24. The molecule has 0 amide bonds. The van der Waals surface area contributed by atoms with E-state index in [9.17, 15) is 10.1 Å². The predicted molar refractivity (Wildman–Crippen MR) is 85.4 cm³/mol. The molecule has 1 heterocycles. The minimum atomic E-state index is -0.392. The van der Waals surface area contributed by atoms with Crippen LogP contribution in [0.2, 0.25) is 0 Å². The summed E-state index contributed by atoms with van der Waals surface area (Å²) < 4.78 is 5.31. The van der Waals surface area contributed by atoms with Crippen LogP contribution in [0.5, 0.6) is 5.75 Å². The minimum Gasteiger partial charge on any atom is -0.494 e. The van der Waals surface area contributed by atoms with E-state index in [0.29, 0.717) is 18.0 Å². The fourth-order valence-electron chi connectivity index (χ4n) is 2.03. The fourth-order valence-corrected chi connectivity index (χ4v) is 2.91. The number of benzene rings is 1. The summed E-state index contributed by atoms with van der Waals surface area (Å²) in [5.41, 5.74) is 0.531. The zero-order valence-corrected chi connectivity index (χ0v) is 13.1. The second-order valence-electron chi connectivity index (χ2n) is 4.68. The molecule has 0 saturated heterocycles. The summed E-state index contributed by atoms with van der Waals surface area (Å²) >= 11 is 1.68. The Labute approximate surface area is 127 Å². The number of aryl methyl sites for hydroxylation is 1. The van der Waals surface area contributed by atoms with Gasteiger partial charge >= 0.3 is 0 Å². The zero-order valence-electron chi connectivity index (χ0n) is 12.3. The van der Waals surface area contributed by atoms with Crippen molar-refractivity contribution in [2.45, 2.75) is 26.8 Å². The summed E-state index contributed by atoms with van der Waals surface area (Å²) in [6.45, 7) is 6.36. The number of thiophene rings is 1. The Hall–Kier alpha value is -2.08. The Morgan fingerprint density at radius 3 is 2.71 bits per heavy atom. The average molecular weight is 306 g/mol. The van der Waals surface area contributed by atoms with E-state index in [4.69, 9.17) is 4.74 Å². The van der Waals surface area contributed by atoms with Crippen molar-refractivity contribution in [2.24, 2.45) is 0 Å². The first-order valence-corrected chi connectivity index (χ1v) is 7.57. The van der Waals surface area contributed by atoms with Crippen molar-refractivity contribution in [3.63, 3.8) is 0 Å². The van der Waals surface area contributed by atoms with Gasteiger partial charge in [-0.2, -0.15) is 0 Å². The molecule has 6 heteroatoms. The van der Waals surface area contributed by atoms with E-state index in [1.807, 2.05) is 32.9 Å². The maximum Gasteiger partial charge on any atom is 0.296 e. The van der Waals surface area contributed by atoms with E-state index in [1.54, 1.807) is 23.5 Å². The first-order valence-electron chi connectivity index (χ1n) is 6.75. The van der Waals surface area contributed by atoms with E-state index in [1.165, 1.54) is 10.9 Å². The van der Waals surface area contributed by atoms with E-state index in [2.05, 4.69) is 5.32 Å². The van der Waals surface area contributed by atoms with Crippen molar-refractivity contribution in [1.82, 2.24) is 0 Å². The number of rotatable bonds is 6. The van der Waals surface area contributed by atoms with Crippen LogP contribution >= 0.6 is 11.3 Å². The molecule has 0 radical (unpaired) electrons. The normalized spacial score (nSPS) is 12.0. The third kappa shape index (κ3) is 3.72. The van der Waals surface area contributed by atoms with E-state index in [0.717, 1.165) is 4.88 Å². The lowest BCUT2D eigenvalue weighted by atomic mass is 10.2. The molecule has 0 bridgehead atoms.